The Kier molecular flexibility index (Phi) is 10.8. The normalized spacial score (nSPS) is 30.1. The van der Waals surface area contributed by atoms with E-state index in [1.54, 1.807) is 0 Å². The highest BCUT2D eigenvalue weighted by Crippen LogP contribution is 2.49. The average Bonchev–Trinajstić information content (AvgIpc) is 3.05. The second-order valence-corrected chi connectivity index (χ2v) is 14.6. The van der Waals surface area contributed by atoms with Gasteiger partial charge in [0.2, 0.25) is 0 Å². The van der Waals surface area contributed by atoms with Gasteiger partial charge in [-0.05, 0) is 101 Å². The van der Waals surface area contributed by atoms with E-state index in [2.05, 4.69) is 35.7 Å². The molecular weight excluding hydrogens is 578 g/mol. The number of aromatic nitrogens is 2. The summed E-state index contributed by atoms with van der Waals surface area (Å²) in [5, 5.41) is 13.9. The van der Waals surface area contributed by atoms with Crippen LogP contribution in [-0.2, 0) is 9.63 Å². The minimum Gasteiger partial charge on any atom is -0.481 e. The Balaban J connectivity index is 1.29. The molecule has 2 saturated carbocycles. The number of carboxylic acid groups (broad SMARTS) is 1. The number of hydrogen-bond donors (Lipinski definition) is 1. The Morgan fingerprint density at radius 1 is 0.935 bits per heavy atom. The molecule has 9 nitrogen and oxygen atoms in total. The van der Waals surface area contributed by atoms with Crippen molar-refractivity contribution in [3.8, 4) is 0 Å². The predicted octanol–water partition coefficient (Wildman–Crippen LogP) is 6.49. The highest BCUT2D eigenvalue weighted by atomic mass is 16.6. The second kappa shape index (κ2) is 15.0. The topological polar surface area (TPSA) is 100 Å². The lowest BCUT2D eigenvalue weighted by molar-refractivity contribution is -0.136. The fourth-order valence-electron chi connectivity index (χ4n) is 9.70. The van der Waals surface area contributed by atoms with Crippen LogP contribution in [-0.4, -0.2) is 80.5 Å². The highest BCUT2D eigenvalue weighted by Gasteiger charge is 2.46. The molecule has 6 rings (SSSR count). The fourth-order valence-corrected chi connectivity index (χ4v) is 9.70. The van der Waals surface area contributed by atoms with Crippen molar-refractivity contribution in [2.24, 2.45) is 22.9 Å². The zero-order chi connectivity index (χ0) is 32.2. The summed E-state index contributed by atoms with van der Waals surface area (Å²) in [5.74, 6) is 1.75. The number of likely N-dealkylation sites (N-methyl/N-ethyl adjacent to an activating group) is 1. The summed E-state index contributed by atoms with van der Waals surface area (Å²) < 4.78 is 1.99. The highest BCUT2D eigenvalue weighted by molar-refractivity contribution is 6.00. The first-order valence-electron chi connectivity index (χ1n) is 18.3. The van der Waals surface area contributed by atoms with Crippen molar-refractivity contribution in [2.45, 2.75) is 128 Å². The van der Waals surface area contributed by atoms with Crippen LogP contribution in [0.1, 0.15) is 116 Å². The Bertz CT molecular complexity index is 1410. The third-order valence-corrected chi connectivity index (χ3v) is 11.8. The number of aliphatic carboxylic acids is 1. The van der Waals surface area contributed by atoms with E-state index in [0.717, 1.165) is 54.7 Å². The van der Waals surface area contributed by atoms with Gasteiger partial charge in [-0.3, -0.25) is 14.5 Å². The number of nitrogens with zero attached hydrogens (tertiary/aromatic N) is 5. The molecule has 1 N–H and O–H groups in total. The van der Waals surface area contributed by atoms with Gasteiger partial charge >= 0.3 is 5.97 Å². The molecular formula is C37H55N5O4. The van der Waals surface area contributed by atoms with Crippen LogP contribution in [0, 0.1) is 17.8 Å². The molecule has 2 aromatic rings. The molecule has 2 saturated heterocycles. The molecule has 3 unspecified atom stereocenters. The lowest BCUT2D eigenvalue weighted by Gasteiger charge is -2.56. The Hall–Kier alpha value is -2.78. The van der Waals surface area contributed by atoms with Crippen molar-refractivity contribution in [1.29, 1.82) is 0 Å². The van der Waals surface area contributed by atoms with Crippen molar-refractivity contribution < 1.29 is 14.7 Å². The number of carbonyl (C=O) groups is 1. The molecule has 2 aliphatic heterocycles. The monoisotopic (exact) mass is 633 g/mol. The Morgan fingerprint density at radius 3 is 2.28 bits per heavy atom. The molecule has 2 aliphatic carbocycles. The maximum Gasteiger partial charge on any atom is 0.303 e. The molecule has 46 heavy (non-hydrogen) atoms. The van der Waals surface area contributed by atoms with Gasteiger partial charge in [0, 0.05) is 37.1 Å². The van der Waals surface area contributed by atoms with E-state index in [4.69, 9.17) is 9.82 Å². The van der Waals surface area contributed by atoms with Crippen LogP contribution in [0.15, 0.2) is 34.2 Å². The van der Waals surface area contributed by atoms with Crippen molar-refractivity contribution in [3.63, 3.8) is 0 Å². The first-order chi connectivity index (χ1) is 22.4. The summed E-state index contributed by atoms with van der Waals surface area (Å²) in [6.45, 7) is 9.48. The van der Waals surface area contributed by atoms with Crippen LogP contribution < -0.4 is 5.56 Å². The molecule has 3 heterocycles. The van der Waals surface area contributed by atoms with Crippen LogP contribution >= 0.6 is 0 Å². The second-order valence-electron chi connectivity index (χ2n) is 14.6. The minimum absolute atomic E-state index is 0.0718. The number of piperidine rings is 2. The third-order valence-electron chi connectivity index (χ3n) is 11.8. The Morgan fingerprint density at radius 2 is 1.63 bits per heavy atom. The molecule has 252 valence electrons. The maximum absolute atomic E-state index is 14.5. The van der Waals surface area contributed by atoms with Crippen molar-refractivity contribution in [3.05, 3.63) is 40.3 Å². The van der Waals surface area contributed by atoms with E-state index in [0.29, 0.717) is 37.0 Å². The van der Waals surface area contributed by atoms with Crippen LogP contribution in [0.3, 0.4) is 0 Å². The molecule has 4 fully saturated rings. The standard InChI is InChI=1S/C37H55N5O4/c1-4-25-18-26-20-27(19-25)22-30(21-26)41-28-10-9-11-29(41)24-31(23-28)42-34-13-8-7-12-32(34)38-36(37(42)45)33(14-15-35(43)44)39-46-17-16-40(5-2)6-3/h7-8,12-13,25-31H,4-6,9-11,14-24H2,1-3H3,(H,43,44)/b39-33+/t25?,26-,27+,28-,29+,30?,31?. The minimum atomic E-state index is -0.936. The third kappa shape index (κ3) is 7.20. The molecule has 0 radical (unpaired) electrons. The summed E-state index contributed by atoms with van der Waals surface area (Å²) in [7, 11) is 0. The summed E-state index contributed by atoms with van der Waals surface area (Å²) in [4.78, 5) is 41.8. The number of hydrogen-bond acceptors (Lipinski definition) is 7. The molecule has 7 atom stereocenters. The van der Waals surface area contributed by atoms with Gasteiger partial charge in [-0.25, -0.2) is 4.98 Å². The van der Waals surface area contributed by atoms with Crippen LogP contribution in [0.2, 0.25) is 0 Å². The largest absolute Gasteiger partial charge is 0.481 e. The van der Waals surface area contributed by atoms with Gasteiger partial charge < -0.3 is 19.4 Å². The number of benzene rings is 1. The summed E-state index contributed by atoms with van der Waals surface area (Å²) >= 11 is 0. The van der Waals surface area contributed by atoms with Gasteiger partial charge in [0.15, 0.2) is 5.69 Å². The zero-order valence-electron chi connectivity index (χ0n) is 28.3. The van der Waals surface area contributed by atoms with E-state index >= 15 is 0 Å². The van der Waals surface area contributed by atoms with Crippen molar-refractivity contribution in [1.82, 2.24) is 19.4 Å². The SMILES string of the molecule is CCC1C[C@@H]2CC(N3[C@@H]4CCC[C@H]3CC(n3c(=O)c(/C(CCC(=O)O)=N/OCCN(CC)CC)nc5ccccc53)C4)C[C@H](C1)C2. The van der Waals surface area contributed by atoms with Crippen molar-refractivity contribution in [2.75, 3.05) is 26.2 Å². The van der Waals surface area contributed by atoms with Gasteiger partial charge in [-0.15, -0.1) is 0 Å². The van der Waals surface area contributed by atoms with E-state index < -0.39 is 5.97 Å². The number of fused-ring (bicyclic) bond motifs is 5. The molecule has 1 aromatic heterocycles. The van der Waals surface area contributed by atoms with Gasteiger partial charge in [0.25, 0.3) is 5.56 Å². The molecule has 0 amide bonds. The summed E-state index contributed by atoms with van der Waals surface area (Å²) in [6.07, 6.45) is 13.9. The number of carboxylic acids is 1. The van der Waals surface area contributed by atoms with Gasteiger partial charge in [-0.1, -0.05) is 50.9 Å². The van der Waals surface area contributed by atoms with E-state index in [9.17, 15) is 14.7 Å². The van der Waals surface area contributed by atoms with Crippen LogP contribution in [0.5, 0.6) is 0 Å². The first kappa shape index (κ1) is 33.1. The maximum atomic E-state index is 14.5. The molecule has 1 aromatic carbocycles. The lowest BCUT2D eigenvalue weighted by atomic mass is 9.64. The lowest BCUT2D eigenvalue weighted by Crippen LogP contribution is -2.59. The zero-order valence-corrected chi connectivity index (χ0v) is 28.3. The quantitative estimate of drug-likeness (QED) is 0.153. The van der Waals surface area contributed by atoms with Gasteiger partial charge in [-0.2, -0.15) is 0 Å². The molecule has 9 heteroatoms. The first-order valence-corrected chi connectivity index (χ1v) is 18.3. The number of oxime groups is 1. The van der Waals surface area contributed by atoms with E-state index in [1.165, 1.54) is 57.8 Å². The van der Waals surface area contributed by atoms with E-state index in [1.807, 2.05) is 28.8 Å². The summed E-state index contributed by atoms with van der Waals surface area (Å²) in [6, 6.07) is 9.63. The Labute approximate surface area is 274 Å². The van der Waals surface area contributed by atoms with Gasteiger partial charge in [0.05, 0.1) is 17.5 Å². The number of para-hydroxylation sites is 2. The van der Waals surface area contributed by atoms with Crippen LogP contribution in [0.4, 0.5) is 0 Å². The number of rotatable bonds is 13. The van der Waals surface area contributed by atoms with Crippen LogP contribution in [0.25, 0.3) is 11.0 Å². The average molecular weight is 634 g/mol. The van der Waals surface area contributed by atoms with Gasteiger partial charge in [0.1, 0.15) is 12.3 Å². The summed E-state index contributed by atoms with van der Waals surface area (Å²) in [5.41, 5.74) is 1.96. The smallest absolute Gasteiger partial charge is 0.303 e. The van der Waals surface area contributed by atoms with E-state index in [-0.39, 0.29) is 30.1 Å². The molecule has 4 aliphatic rings. The molecule has 0 spiro atoms. The van der Waals surface area contributed by atoms with Crippen molar-refractivity contribution >= 4 is 22.7 Å². The molecule has 4 bridgehead atoms. The predicted molar refractivity (Wildman–Crippen MR) is 182 cm³/mol. The fraction of sp³-hybridized carbons (Fsp3) is 0.730.